The molecule has 0 aromatic heterocycles. The Balaban J connectivity index is 2.66. The highest BCUT2D eigenvalue weighted by Crippen LogP contribution is 2.19. The van der Waals surface area contributed by atoms with Crippen LogP contribution in [-0.4, -0.2) is 30.2 Å². The molecule has 0 saturated heterocycles. The van der Waals surface area contributed by atoms with Crippen molar-refractivity contribution in [3.8, 4) is 5.75 Å². The third-order valence-corrected chi connectivity index (χ3v) is 2.49. The van der Waals surface area contributed by atoms with Gasteiger partial charge < -0.3 is 15.2 Å². The number of carbonyl (C=O) groups is 2. The standard InChI is InChI=1S/C13H18N2O4/c1-8(16)10-5-4-6-11(7-10)19-9(2)12(17)15-13(18)14-3/h4-9,16H,1-3H3,(H2,14,15,17,18)/t8-,9?/m0/s1. The summed E-state index contributed by atoms with van der Waals surface area (Å²) in [5.41, 5.74) is 0.691. The molecule has 0 saturated carbocycles. The number of imide groups is 1. The number of benzene rings is 1. The molecule has 1 unspecified atom stereocenters. The first-order valence-corrected chi connectivity index (χ1v) is 5.91. The van der Waals surface area contributed by atoms with Gasteiger partial charge in [-0.3, -0.25) is 10.1 Å². The average Bonchev–Trinajstić information content (AvgIpc) is 2.38. The zero-order chi connectivity index (χ0) is 14.4. The molecular formula is C13H18N2O4. The van der Waals surface area contributed by atoms with Crippen molar-refractivity contribution in [2.24, 2.45) is 0 Å². The van der Waals surface area contributed by atoms with Crippen molar-refractivity contribution < 1.29 is 19.4 Å². The summed E-state index contributed by atoms with van der Waals surface area (Å²) in [5, 5.41) is 13.9. The number of ether oxygens (including phenoxy) is 1. The first-order valence-electron chi connectivity index (χ1n) is 5.91. The van der Waals surface area contributed by atoms with Crippen molar-refractivity contribution in [1.29, 1.82) is 0 Å². The topological polar surface area (TPSA) is 87.7 Å². The van der Waals surface area contributed by atoms with Crippen molar-refractivity contribution in [3.05, 3.63) is 29.8 Å². The van der Waals surface area contributed by atoms with Crippen LogP contribution in [0.1, 0.15) is 25.5 Å². The fourth-order valence-corrected chi connectivity index (χ4v) is 1.38. The van der Waals surface area contributed by atoms with Gasteiger partial charge in [0, 0.05) is 7.05 Å². The molecule has 0 aliphatic heterocycles. The predicted molar refractivity (Wildman–Crippen MR) is 69.8 cm³/mol. The minimum Gasteiger partial charge on any atom is -0.481 e. The maximum absolute atomic E-state index is 11.6. The van der Waals surface area contributed by atoms with E-state index in [1.807, 2.05) is 0 Å². The summed E-state index contributed by atoms with van der Waals surface area (Å²) in [6.07, 6.45) is -1.43. The van der Waals surface area contributed by atoms with Gasteiger partial charge >= 0.3 is 6.03 Å². The van der Waals surface area contributed by atoms with Crippen LogP contribution in [0.5, 0.6) is 5.75 Å². The average molecular weight is 266 g/mol. The molecular weight excluding hydrogens is 248 g/mol. The summed E-state index contributed by atoms with van der Waals surface area (Å²) in [5.74, 6) is -0.0836. The Morgan fingerprint density at radius 3 is 2.58 bits per heavy atom. The Labute approximate surface area is 111 Å². The highest BCUT2D eigenvalue weighted by atomic mass is 16.5. The summed E-state index contributed by atoms with van der Waals surface area (Å²) >= 11 is 0. The number of hydrogen-bond donors (Lipinski definition) is 3. The summed E-state index contributed by atoms with van der Waals surface area (Å²) in [6, 6.07) is 6.22. The second kappa shape index (κ2) is 6.75. The molecule has 0 aliphatic rings. The van der Waals surface area contributed by atoms with Crippen LogP contribution in [0.2, 0.25) is 0 Å². The molecule has 0 spiro atoms. The zero-order valence-corrected chi connectivity index (χ0v) is 11.1. The van der Waals surface area contributed by atoms with Crippen molar-refractivity contribution >= 4 is 11.9 Å². The van der Waals surface area contributed by atoms with E-state index >= 15 is 0 Å². The highest BCUT2D eigenvalue weighted by molar-refractivity contribution is 5.96. The largest absolute Gasteiger partial charge is 0.481 e. The smallest absolute Gasteiger partial charge is 0.321 e. The van der Waals surface area contributed by atoms with Crippen molar-refractivity contribution in [3.63, 3.8) is 0 Å². The molecule has 1 aromatic rings. The quantitative estimate of drug-likeness (QED) is 0.757. The van der Waals surface area contributed by atoms with Crippen LogP contribution in [-0.2, 0) is 4.79 Å². The Morgan fingerprint density at radius 1 is 1.32 bits per heavy atom. The fraction of sp³-hybridized carbons (Fsp3) is 0.385. The van der Waals surface area contributed by atoms with E-state index in [1.54, 1.807) is 31.2 Å². The summed E-state index contributed by atoms with van der Waals surface area (Å²) < 4.78 is 5.41. The van der Waals surface area contributed by atoms with E-state index in [9.17, 15) is 14.7 Å². The highest BCUT2D eigenvalue weighted by Gasteiger charge is 2.17. The van der Waals surface area contributed by atoms with Crippen LogP contribution in [0.15, 0.2) is 24.3 Å². The molecule has 1 rings (SSSR count). The third kappa shape index (κ3) is 4.59. The Bertz CT molecular complexity index is 460. The molecule has 3 N–H and O–H groups in total. The van der Waals surface area contributed by atoms with E-state index < -0.39 is 24.1 Å². The van der Waals surface area contributed by atoms with Gasteiger partial charge in [-0.1, -0.05) is 12.1 Å². The van der Waals surface area contributed by atoms with Crippen molar-refractivity contribution in [2.45, 2.75) is 26.1 Å². The lowest BCUT2D eigenvalue weighted by Gasteiger charge is -2.15. The number of aliphatic hydroxyl groups is 1. The second-order valence-electron chi connectivity index (χ2n) is 4.08. The minimum absolute atomic E-state index is 0.456. The first-order chi connectivity index (χ1) is 8.93. The van der Waals surface area contributed by atoms with Gasteiger partial charge in [-0.25, -0.2) is 4.79 Å². The SMILES string of the molecule is CNC(=O)NC(=O)C(C)Oc1cccc([C@H](C)O)c1. The minimum atomic E-state index is -0.818. The van der Waals surface area contributed by atoms with Crippen LogP contribution in [0.4, 0.5) is 4.79 Å². The molecule has 0 bridgehead atoms. The summed E-state index contributed by atoms with van der Waals surface area (Å²) in [7, 11) is 1.42. The molecule has 0 heterocycles. The number of rotatable bonds is 4. The van der Waals surface area contributed by atoms with E-state index in [4.69, 9.17) is 4.74 Å². The van der Waals surface area contributed by atoms with Crippen LogP contribution >= 0.6 is 0 Å². The van der Waals surface area contributed by atoms with Gasteiger partial charge in [-0.15, -0.1) is 0 Å². The lowest BCUT2D eigenvalue weighted by atomic mass is 10.1. The first kappa shape index (κ1) is 15.0. The predicted octanol–water partition coefficient (Wildman–Crippen LogP) is 0.963. The van der Waals surface area contributed by atoms with Gasteiger partial charge in [-0.05, 0) is 31.5 Å². The van der Waals surface area contributed by atoms with Gasteiger partial charge in [0.05, 0.1) is 6.10 Å². The van der Waals surface area contributed by atoms with Crippen molar-refractivity contribution in [2.75, 3.05) is 7.05 Å². The Kier molecular flexibility index (Phi) is 5.32. The van der Waals surface area contributed by atoms with Crippen LogP contribution in [0.25, 0.3) is 0 Å². The molecule has 6 heteroatoms. The van der Waals surface area contributed by atoms with E-state index in [2.05, 4.69) is 10.6 Å². The zero-order valence-electron chi connectivity index (χ0n) is 11.1. The number of aliphatic hydroxyl groups excluding tert-OH is 1. The monoisotopic (exact) mass is 266 g/mol. The molecule has 0 fully saturated rings. The third-order valence-electron chi connectivity index (χ3n) is 2.49. The Morgan fingerprint density at radius 2 is 2.00 bits per heavy atom. The maximum Gasteiger partial charge on any atom is 0.321 e. The summed E-state index contributed by atoms with van der Waals surface area (Å²) in [4.78, 5) is 22.6. The second-order valence-corrected chi connectivity index (χ2v) is 4.08. The molecule has 1 aromatic carbocycles. The van der Waals surface area contributed by atoms with Gasteiger partial charge in [-0.2, -0.15) is 0 Å². The van der Waals surface area contributed by atoms with Gasteiger partial charge in [0.15, 0.2) is 6.10 Å². The molecule has 104 valence electrons. The molecule has 0 radical (unpaired) electrons. The molecule has 2 atom stereocenters. The van der Waals surface area contributed by atoms with E-state index in [-0.39, 0.29) is 0 Å². The molecule has 0 aliphatic carbocycles. The number of hydrogen-bond acceptors (Lipinski definition) is 4. The Hall–Kier alpha value is -2.08. The van der Waals surface area contributed by atoms with Crippen LogP contribution < -0.4 is 15.4 Å². The van der Waals surface area contributed by atoms with Crippen LogP contribution in [0, 0.1) is 0 Å². The van der Waals surface area contributed by atoms with Gasteiger partial charge in [0.1, 0.15) is 5.75 Å². The van der Waals surface area contributed by atoms with Gasteiger partial charge in [0.25, 0.3) is 5.91 Å². The maximum atomic E-state index is 11.6. The molecule has 19 heavy (non-hydrogen) atoms. The molecule has 3 amide bonds. The lowest BCUT2D eigenvalue weighted by Crippen LogP contribution is -2.43. The van der Waals surface area contributed by atoms with Crippen LogP contribution in [0.3, 0.4) is 0 Å². The number of urea groups is 1. The van der Waals surface area contributed by atoms with Crippen molar-refractivity contribution in [1.82, 2.24) is 10.6 Å². The number of amides is 3. The number of carbonyl (C=O) groups excluding carboxylic acids is 2. The van der Waals surface area contributed by atoms with Gasteiger partial charge in [0.2, 0.25) is 0 Å². The summed E-state index contributed by atoms with van der Waals surface area (Å²) in [6.45, 7) is 3.17. The normalized spacial score (nSPS) is 13.3. The van der Waals surface area contributed by atoms with E-state index in [0.29, 0.717) is 11.3 Å². The number of nitrogens with one attached hydrogen (secondary N) is 2. The lowest BCUT2D eigenvalue weighted by molar-refractivity contribution is -0.126. The van der Waals surface area contributed by atoms with E-state index in [1.165, 1.54) is 14.0 Å². The van der Waals surface area contributed by atoms with E-state index in [0.717, 1.165) is 0 Å². The fourth-order valence-electron chi connectivity index (χ4n) is 1.38. The molecule has 6 nitrogen and oxygen atoms in total.